The first kappa shape index (κ1) is 14.2. The summed E-state index contributed by atoms with van der Waals surface area (Å²) < 4.78 is 3.68. The summed E-state index contributed by atoms with van der Waals surface area (Å²) in [5.74, 6) is -14.9. The van der Waals surface area contributed by atoms with Gasteiger partial charge in [-0.2, -0.15) is 0 Å². The molecule has 10 heteroatoms. The maximum atomic E-state index is 10.8. The van der Waals surface area contributed by atoms with Gasteiger partial charge in [-0.3, -0.25) is 0 Å². The highest BCUT2D eigenvalue weighted by molar-refractivity contribution is 5.89. The second-order valence-corrected chi connectivity index (χ2v) is 2.62. The van der Waals surface area contributed by atoms with Crippen molar-refractivity contribution in [2.75, 3.05) is 6.61 Å². The van der Waals surface area contributed by atoms with E-state index in [1.165, 1.54) is 0 Å². The van der Waals surface area contributed by atoms with Crippen LogP contribution >= 0.6 is 0 Å². The normalized spacial score (nSPS) is 12.0. The maximum Gasteiger partial charge on any atom is 0.373 e. The van der Waals surface area contributed by atoms with E-state index < -0.39 is 36.1 Å². The Morgan fingerprint density at radius 3 is 1.69 bits per heavy atom. The van der Waals surface area contributed by atoms with Crippen LogP contribution in [-0.2, 0) is 19.1 Å². The minimum absolute atomic E-state index is 1.31. The van der Waals surface area contributed by atoms with Gasteiger partial charge in [-0.25, -0.2) is 14.4 Å². The molecule has 0 amide bonds. The average Bonchev–Trinajstić information content (AvgIpc) is 2.13. The third-order valence-corrected chi connectivity index (χ3v) is 1.40. The highest BCUT2D eigenvalue weighted by Crippen LogP contribution is 2.19. The first-order valence-electron chi connectivity index (χ1n) is 3.55. The van der Waals surface area contributed by atoms with Crippen LogP contribution in [0.3, 0.4) is 0 Å². The summed E-state index contributed by atoms with van der Waals surface area (Å²) in [6.45, 7) is -1.31. The van der Waals surface area contributed by atoms with Gasteiger partial charge in [-0.05, 0) is 0 Å². The van der Waals surface area contributed by atoms with Crippen molar-refractivity contribution in [2.24, 2.45) is 0 Å². The smallest absolute Gasteiger partial charge is 0.373 e. The number of carbonyl (C=O) groups is 3. The Morgan fingerprint density at radius 1 is 0.938 bits per heavy atom. The quantitative estimate of drug-likeness (QED) is 0.205. The lowest BCUT2D eigenvalue weighted by molar-refractivity contribution is -0.334. The summed E-state index contributed by atoms with van der Waals surface area (Å²) in [6.07, 6.45) is 0. The SMILES string of the molecule is O=C(O)COC(=O)C(O)(O)C(O)(O)C(=O)O. The zero-order chi connectivity index (χ0) is 13.1. The molecule has 0 aliphatic rings. The third kappa shape index (κ3) is 2.64. The van der Waals surface area contributed by atoms with Crippen molar-refractivity contribution in [1.82, 2.24) is 0 Å². The predicted octanol–water partition coefficient (Wildman–Crippen LogP) is -3.94. The third-order valence-electron chi connectivity index (χ3n) is 1.40. The van der Waals surface area contributed by atoms with Crippen LogP contribution in [0.5, 0.6) is 0 Å². The number of aliphatic carboxylic acids is 2. The second kappa shape index (κ2) is 4.40. The molecule has 10 nitrogen and oxygen atoms in total. The molecule has 0 aliphatic heterocycles. The van der Waals surface area contributed by atoms with Crippen molar-refractivity contribution < 1.29 is 49.8 Å². The van der Waals surface area contributed by atoms with Crippen LogP contribution in [0.15, 0.2) is 0 Å². The monoisotopic (exact) mass is 240 g/mol. The van der Waals surface area contributed by atoms with E-state index in [9.17, 15) is 14.4 Å². The Morgan fingerprint density at radius 2 is 1.38 bits per heavy atom. The number of ether oxygens (including phenoxy) is 1. The van der Waals surface area contributed by atoms with Gasteiger partial charge < -0.3 is 35.4 Å². The fourth-order valence-corrected chi connectivity index (χ4v) is 0.519. The van der Waals surface area contributed by atoms with Crippen LogP contribution in [0.1, 0.15) is 0 Å². The van der Waals surface area contributed by atoms with Crippen molar-refractivity contribution in [3.05, 3.63) is 0 Å². The van der Waals surface area contributed by atoms with Gasteiger partial charge in [0.05, 0.1) is 0 Å². The number of hydrogen-bond donors (Lipinski definition) is 6. The summed E-state index contributed by atoms with van der Waals surface area (Å²) >= 11 is 0. The standard InChI is InChI=1S/C6H8O10/c7-2(8)1-16-4(11)6(14,15)5(12,13)3(9)10/h12-15H,1H2,(H,7,8)(H,9,10). The summed E-state index contributed by atoms with van der Waals surface area (Å²) in [5.41, 5.74) is 0. The molecule has 0 rings (SSSR count). The minimum Gasteiger partial charge on any atom is -0.479 e. The van der Waals surface area contributed by atoms with Gasteiger partial charge in [-0.15, -0.1) is 0 Å². The molecule has 0 aromatic heterocycles. The zero-order valence-corrected chi connectivity index (χ0v) is 7.52. The molecule has 0 saturated heterocycles. The molecule has 0 bridgehead atoms. The van der Waals surface area contributed by atoms with E-state index in [1.807, 2.05) is 0 Å². The van der Waals surface area contributed by atoms with E-state index in [2.05, 4.69) is 4.74 Å². The van der Waals surface area contributed by atoms with Gasteiger partial charge in [-0.1, -0.05) is 0 Å². The van der Waals surface area contributed by atoms with Crippen molar-refractivity contribution in [3.63, 3.8) is 0 Å². The molecule has 0 radical (unpaired) electrons. The van der Waals surface area contributed by atoms with Crippen LogP contribution < -0.4 is 0 Å². The molecule has 92 valence electrons. The van der Waals surface area contributed by atoms with Gasteiger partial charge in [0.1, 0.15) is 0 Å². The van der Waals surface area contributed by atoms with Crippen molar-refractivity contribution in [1.29, 1.82) is 0 Å². The largest absolute Gasteiger partial charge is 0.479 e. The molecular weight excluding hydrogens is 232 g/mol. The van der Waals surface area contributed by atoms with Gasteiger partial charge in [0.15, 0.2) is 6.61 Å². The van der Waals surface area contributed by atoms with Crippen LogP contribution in [0, 0.1) is 0 Å². The molecule has 6 N–H and O–H groups in total. The summed E-state index contributed by atoms with van der Waals surface area (Å²) in [4.78, 5) is 30.9. The molecular formula is C6H8O10. The van der Waals surface area contributed by atoms with Crippen LogP contribution in [0.4, 0.5) is 0 Å². The fourth-order valence-electron chi connectivity index (χ4n) is 0.519. The van der Waals surface area contributed by atoms with E-state index >= 15 is 0 Å². The number of hydrogen-bond acceptors (Lipinski definition) is 8. The molecule has 0 spiro atoms. The molecule has 0 atom stereocenters. The number of carboxylic acid groups (broad SMARTS) is 2. The summed E-state index contributed by atoms with van der Waals surface area (Å²) in [7, 11) is 0. The van der Waals surface area contributed by atoms with Crippen molar-refractivity contribution >= 4 is 17.9 Å². The van der Waals surface area contributed by atoms with E-state index in [-0.39, 0.29) is 0 Å². The molecule has 0 saturated carbocycles. The number of rotatable bonds is 5. The van der Waals surface area contributed by atoms with Gasteiger partial charge in [0, 0.05) is 0 Å². The van der Waals surface area contributed by atoms with Gasteiger partial charge >= 0.3 is 29.5 Å². The Balaban J connectivity index is 4.84. The Hall–Kier alpha value is -1.75. The zero-order valence-electron chi connectivity index (χ0n) is 7.52. The van der Waals surface area contributed by atoms with Gasteiger partial charge in [0.2, 0.25) is 0 Å². The number of esters is 1. The minimum atomic E-state index is -4.23. The van der Waals surface area contributed by atoms with E-state index in [1.54, 1.807) is 0 Å². The predicted molar refractivity (Wildman–Crippen MR) is 40.6 cm³/mol. The fraction of sp³-hybridized carbons (Fsp3) is 0.500. The maximum absolute atomic E-state index is 10.8. The van der Waals surface area contributed by atoms with E-state index in [4.69, 9.17) is 30.6 Å². The first-order valence-corrected chi connectivity index (χ1v) is 3.55. The van der Waals surface area contributed by atoms with E-state index in [0.29, 0.717) is 0 Å². The topological polar surface area (TPSA) is 182 Å². The Kier molecular flexibility index (Phi) is 3.92. The lowest BCUT2D eigenvalue weighted by Gasteiger charge is -2.28. The van der Waals surface area contributed by atoms with Crippen LogP contribution in [0.25, 0.3) is 0 Å². The van der Waals surface area contributed by atoms with E-state index in [0.717, 1.165) is 0 Å². The molecule has 0 heterocycles. The highest BCUT2D eigenvalue weighted by atomic mass is 16.7. The summed E-state index contributed by atoms with van der Waals surface area (Å²) in [5, 5.41) is 51.1. The molecule has 0 fully saturated rings. The summed E-state index contributed by atoms with van der Waals surface area (Å²) in [6, 6.07) is 0. The molecule has 16 heavy (non-hydrogen) atoms. The van der Waals surface area contributed by atoms with Crippen LogP contribution in [0.2, 0.25) is 0 Å². The number of aliphatic hydroxyl groups is 4. The first-order chi connectivity index (χ1) is 7.03. The van der Waals surface area contributed by atoms with Crippen molar-refractivity contribution in [2.45, 2.75) is 11.6 Å². The Bertz CT molecular complexity index is 315. The number of carbonyl (C=O) groups excluding carboxylic acids is 1. The second-order valence-electron chi connectivity index (χ2n) is 2.62. The average molecular weight is 240 g/mol. The van der Waals surface area contributed by atoms with Crippen molar-refractivity contribution in [3.8, 4) is 0 Å². The highest BCUT2D eigenvalue weighted by Gasteiger charge is 2.61. The number of carboxylic acids is 2. The molecule has 0 aromatic carbocycles. The molecule has 0 aliphatic carbocycles. The molecule has 0 aromatic rings. The van der Waals surface area contributed by atoms with Gasteiger partial charge in [0.25, 0.3) is 0 Å². The Labute approximate surface area is 86.9 Å². The molecule has 0 unspecified atom stereocenters. The van der Waals surface area contributed by atoms with Crippen LogP contribution in [-0.4, -0.2) is 66.7 Å². The lowest BCUT2D eigenvalue weighted by atomic mass is 10.1. The lowest BCUT2D eigenvalue weighted by Crippen LogP contribution is -2.64.